The van der Waals surface area contributed by atoms with Crippen LogP contribution in [0.2, 0.25) is 0 Å². The van der Waals surface area contributed by atoms with Gasteiger partial charge in [0, 0.05) is 0 Å². The molecule has 25 heavy (non-hydrogen) atoms. The van der Waals surface area contributed by atoms with E-state index in [1.807, 2.05) is 61.5 Å². The highest BCUT2D eigenvalue weighted by molar-refractivity contribution is 8.00. The minimum Gasteiger partial charge on any atom is -0.492 e. The van der Waals surface area contributed by atoms with Gasteiger partial charge in [-0.05, 0) is 35.0 Å². The maximum atomic E-state index is 11.9. The van der Waals surface area contributed by atoms with Gasteiger partial charge in [0.15, 0.2) is 0 Å². The lowest BCUT2D eigenvalue weighted by molar-refractivity contribution is -0.117. The van der Waals surface area contributed by atoms with Gasteiger partial charge in [-0.15, -0.1) is 5.10 Å². The van der Waals surface area contributed by atoms with E-state index in [2.05, 4.69) is 15.5 Å². The topological polar surface area (TPSA) is 95.9 Å². The quantitative estimate of drug-likeness (QED) is 0.654. The zero-order valence-electron chi connectivity index (χ0n) is 13.6. The average Bonchev–Trinajstić information content (AvgIpc) is 3.09. The smallest absolute Gasteiger partial charge is 0.235 e. The molecule has 3 rings (SSSR count). The summed E-state index contributed by atoms with van der Waals surface area (Å²) in [5.74, 6) is 0.207. The molecule has 0 radical (unpaired) electrons. The molecular weight excluding hydrogens is 338 g/mol. The third-order valence-electron chi connectivity index (χ3n) is 3.42. The van der Waals surface area contributed by atoms with Crippen molar-refractivity contribution in [3.05, 3.63) is 60.2 Å². The monoisotopic (exact) mass is 355 g/mol. The number of hydrogen-bond acceptors (Lipinski definition) is 6. The lowest BCUT2D eigenvalue weighted by atomic mass is 10.1. The standard InChI is InChI=1S/C17H17N5O2S/c1-2-24-14-11-7-6-10-13(14)22-17(19-20-21-22)25-15(16(18)23)12-8-4-3-5-9-12/h3-11,15H,2H2,1H3,(H2,18,23). The Balaban J connectivity index is 1.95. The van der Waals surface area contributed by atoms with E-state index >= 15 is 0 Å². The van der Waals surface area contributed by atoms with Crippen molar-refractivity contribution in [3.8, 4) is 11.4 Å². The maximum Gasteiger partial charge on any atom is 0.235 e. The lowest BCUT2D eigenvalue weighted by Gasteiger charge is -2.14. The molecule has 1 heterocycles. The molecule has 2 aromatic carbocycles. The summed E-state index contributed by atoms with van der Waals surface area (Å²) >= 11 is 1.20. The van der Waals surface area contributed by atoms with Gasteiger partial charge in [0.2, 0.25) is 11.1 Å². The summed E-state index contributed by atoms with van der Waals surface area (Å²) in [5.41, 5.74) is 7.09. The summed E-state index contributed by atoms with van der Waals surface area (Å²) in [6.45, 7) is 2.43. The summed E-state index contributed by atoms with van der Waals surface area (Å²) in [7, 11) is 0. The van der Waals surface area contributed by atoms with E-state index in [4.69, 9.17) is 10.5 Å². The highest BCUT2D eigenvalue weighted by Crippen LogP contribution is 2.35. The molecule has 1 atom stereocenters. The molecule has 2 N–H and O–H groups in total. The number of nitrogens with zero attached hydrogens (tertiary/aromatic N) is 4. The molecule has 1 unspecified atom stereocenters. The van der Waals surface area contributed by atoms with Crippen LogP contribution in [0.5, 0.6) is 5.75 Å². The second kappa shape index (κ2) is 7.80. The Morgan fingerprint density at radius 1 is 1.20 bits per heavy atom. The van der Waals surface area contributed by atoms with Crippen LogP contribution in [0, 0.1) is 0 Å². The van der Waals surface area contributed by atoms with Gasteiger partial charge in [-0.3, -0.25) is 4.79 Å². The second-order valence-electron chi connectivity index (χ2n) is 5.08. The molecule has 0 spiro atoms. The molecule has 1 aromatic heterocycles. The number of amides is 1. The van der Waals surface area contributed by atoms with Crippen LogP contribution in [0.1, 0.15) is 17.7 Å². The average molecular weight is 355 g/mol. The normalized spacial score (nSPS) is 11.9. The van der Waals surface area contributed by atoms with Crippen LogP contribution < -0.4 is 10.5 Å². The van der Waals surface area contributed by atoms with Crippen molar-refractivity contribution in [1.29, 1.82) is 0 Å². The zero-order chi connectivity index (χ0) is 17.6. The van der Waals surface area contributed by atoms with Gasteiger partial charge < -0.3 is 10.5 Å². The van der Waals surface area contributed by atoms with Gasteiger partial charge in [-0.2, -0.15) is 4.68 Å². The van der Waals surface area contributed by atoms with Crippen molar-refractivity contribution in [2.75, 3.05) is 6.61 Å². The van der Waals surface area contributed by atoms with E-state index in [-0.39, 0.29) is 0 Å². The highest BCUT2D eigenvalue weighted by Gasteiger charge is 2.23. The van der Waals surface area contributed by atoms with Gasteiger partial charge in [0.1, 0.15) is 16.7 Å². The fraction of sp³-hybridized carbons (Fsp3) is 0.176. The predicted molar refractivity (Wildman–Crippen MR) is 94.6 cm³/mol. The van der Waals surface area contributed by atoms with E-state index in [0.29, 0.717) is 23.2 Å². The van der Waals surface area contributed by atoms with Crippen LogP contribution in [-0.2, 0) is 4.79 Å². The number of thioether (sulfide) groups is 1. The first-order chi connectivity index (χ1) is 12.2. The number of carbonyl (C=O) groups excluding carboxylic acids is 1. The van der Waals surface area contributed by atoms with E-state index in [9.17, 15) is 4.79 Å². The number of aromatic nitrogens is 4. The predicted octanol–water partition coefficient (Wildman–Crippen LogP) is 2.38. The minimum absolute atomic E-state index is 0.455. The maximum absolute atomic E-state index is 11.9. The van der Waals surface area contributed by atoms with Crippen molar-refractivity contribution in [1.82, 2.24) is 20.2 Å². The van der Waals surface area contributed by atoms with Crippen LogP contribution in [0.4, 0.5) is 0 Å². The molecule has 0 fully saturated rings. The van der Waals surface area contributed by atoms with Crippen molar-refractivity contribution < 1.29 is 9.53 Å². The van der Waals surface area contributed by atoms with E-state index in [0.717, 1.165) is 5.56 Å². The minimum atomic E-state index is -0.592. The highest BCUT2D eigenvalue weighted by atomic mass is 32.2. The number of nitrogens with two attached hydrogens (primary N) is 1. The second-order valence-corrected chi connectivity index (χ2v) is 6.16. The summed E-state index contributed by atoms with van der Waals surface area (Å²) in [4.78, 5) is 11.9. The molecule has 3 aromatic rings. The Bertz CT molecular complexity index is 853. The number of para-hydroxylation sites is 2. The Kier molecular flexibility index (Phi) is 5.30. The molecule has 0 bridgehead atoms. The van der Waals surface area contributed by atoms with E-state index < -0.39 is 11.2 Å². The molecule has 0 saturated carbocycles. The molecular formula is C17H17N5O2S. The van der Waals surface area contributed by atoms with Crippen molar-refractivity contribution in [2.45, 2.75) is 17.3 Å². The Hall–Kier alpha value is -2.87. The molecule has 0 aliphatic rings. The molecule has 0 aliphatic carbocycles. The van der Waals surface area contributed by atoms with Crippen LogP contribution in [0.25, 0.3) is 5.69 Å². The van der Waals surface area contributed by atoms with Gasteiger partial charge in [-0.25, -0.2) is 0 Å². The number of benzene rings is 2. The van der Waals surface area contributed by atoms with Crippen LogP contribution in [0.15, 0.2) is 59.8 Å². The van der Waals surface area contributed by atoms with E-state index in [1.165, 1.54) is 11.8 Å². The number of primary amides is 1. The SMILES string of the molecule is CCOc1ccccc1-n1nnnc1SC(C(N)=O)c1ccccc1. The lowest BCUT2D eigenvalue weighted by Crippen LogP contribution is -2.19. The number of hydrogen-bond donors (Lipinski definition) is 1. The Labute approximate surface area is 149 Å². The van der Waals surface area contributed by atoms with Gasteiger partial charge in [-0.1, -0.05) is 54.2 Å². The van der Waals surface area contributed by atoms with Crippen molar-refractivity contribution >= 4 is 17.7 Å². The van der Waals surface area contributed by atoms with Crippen molar-refractivity contribution in [2.24, 2.45) is 5.73 Å². The fourth-order valence-corrected chi connectivity index (χ4v) is 3.28. The number of ether oxygens (including phenoxy) is 1. The molecule has 7 nitrogen and oxygen atoms in total. The van der Waals surface area contributed by atoms with Gasteiger partial charge >= 0.3 is 0 Å². The first kappa shape index (κ1) is 17.0. The van der Waals surface area contributed by atoms with Crippen LogP contribution in [0.3, 0.4) is 0 Å². The largest absolute Gasteiger partial charge is 0.492 e. The number of tetrazole rings is 1. The van der Waals surface area contributed by atoms with E-state index in [1.54, 1.807) is 4.68 Å². The summed E-state index contributed by atoms with van der Waals surface area (Å²) < 4.78 is 7.19. The Morgan fingerprint density at radius 3 is 2.64 bits per heavy atom. The fourth-order valence-electron chi connectivity index (χ4n) is 2.34. The number of rotatable bonds is 7. The van der Waals surface area contributed by atoms with Crippen LogP contribution in [-0.4, -0.2) is 32.7 Å². The number of carbonyl (C=O) groups is 1. The zero-order valence-corrected chi connectivity index (χ0v) is 14.4. The third kappa shape index (κ3) is 3.80. The summed E-state index contributed by atoms with van der Waals surface area (Å²) in [6, 6.07) is 16.8. The summed E-state index contributed by atoms with van der Waals surface area (Å²) in [6.07, 6.45) is 0. The van der Waals surface area contributed by atoms with Crippen LogP contribution >= 0.6 is 11.8 Å². The molecule has 1 amide bonds. The first-order valence-electron chi connectivity index (χ1n) is 7.72. The summed E-state index contributed by atoms with van der Waals surface area (Å²) in [5, 5.41) is 11.7. The van der Waals surface area contributed by atoms with Crippen molar-refractivity contribution in [3.63, 3.8) is 0 Å². The molecule has 0 saturated heterocycles. The Morgan fingerprint density at radius 2 is 1.92 bits per heavy atom. The molecule has 0 aliphatic heterocycles. The first-order valence-corrected chi connectivity index (χ1v) is 8.60. The van der Waals surface area contributed by atoms with Gasteiger partial charge in [0.05, 0.1) is 6.61 Å². The molecule has 128 valence electrons. The van der Waals surface area contributed by atoms with Gasteiger partial charge in [0.25, 0.3) is 0 Å². The molecule has 8 heteroatoms. The third-order valence-corrected chi connectivity index (χ3v) is 4.62.